The Bertz CT molecular complexity index is 1060. The van der Waals surface area contributed by atoms with Crippen molar-refractivity contribution in [2.45, 2.75) is 4.21 Å². The molecule has 0 aliphatic heterocycles. The fourth-order valence-corrected chi connectivity index (χ4v) is 5.02. The van der Waals surface area contributed by atoms with Crippen LogP contribution in [0.1, 0.15) is 0 Å². The lowest BCUT2D eigenvalue weighted by atomic mass is 10.2. The van der Waals surface area contributed by atoms with Crippen LogP contribution in [0.3, 0.4) is 0 Å². The number of aromatic amines is 1. The Labute approximate surface area is 132 Å². The molecule has 8 nitrogen and oxygen atoms in total. The fraction of sp³-hybridized carbons (Fsp3) is 0. The Kier molecular flexibility index (Phi) is 3.27. The number of non-ortho nitro benzene ring substituents is 1. The van der Waals surface area contributed by atoms with Crippen molar-refractivity contribution in [2.24, 2.45) is 0 Å². The maximum Gasteiger partial charge on any atom is 0.279 e. The van der Waals surface area contributed by atoms with Crippen molar-refractivity contribution in [2.75, 3.05) is 0 Å². The van der Waals surface area contributed by atoms with Gasteiger partial charge >= 0.3 is 0 Å². The third kappa shape index (κ3) is 2.28. The minimum absolute atomic E-state index is 0.0295. The fourth-order valence-electron chi connectivity index (χ4n) is 1.89. The van der Waals surface area contributed by atoms with Crippen LogP contribution in [-0.4, -0.2) is 27.4 Å². The highest BCUT2D eigenvalue weighted by molar-refractivity contribution is 7.92. The van der Waals surface area contributed by atoms with Crippen LogP contribution in [0.4, 0.5) is 5.69 Å². The van der Waals surface area contributed by atoms with Crippen molar-refractivity contribution in [1.29, 1.82) is 0 Å². The van der Waals surface area contributed by atoms with E-state index in [4.69, 9.17) is 12.2 Å². The molecule has 0 saturated heterocycles. The molecule has 0 bridgehead atoms. The molecule has 2 N–H and O–H groups in total. The number of nitro groups is 1. The molecule has 0 saturated carbocycles. The lowest BCUT2D eigenvalue weighted by Gasteiger charge is -2.00. The van der Waals surface area contributed by atoms with Crippen molar-refractivity contribution in [1.82, 2.24) is 8.96 Å². The molecule has 0 atom stereocenters. The van der Waals surface area contributed by atoms with Crippen molar-refractivity contribution in [3.63, 3.8) is 0 Å². The van der Waals surface area contributed by atoms with Crippen molar-refractivity contribution in [3.05, 3.63) is 45.3 Å². The summed E-state index contributed by atoms with van der Waals surface area (Å²) >= 11 is 5.80. The lowest BCUT2D eigenvalue weighted by Crippen LogP contribution is -2.10. The van der Waals surface area contributed by atoms with Gasteiger partial charge in [-0.05, 0) is 24.4 Å². The molecule has 1 aromatic carbocycles. The number of imidazole rings is 1. The molecule has 11 heteroatoms. The molecular weight excluding hydrogens is 350 g/mol. The molecule has 2 aromatic heterocycles. The lowest BCUT2D eigenvalue weighted by molar-refractivity contribution is -0.384. The molecule has 0 aliphatic carbocycles. The predicted molar refractivity (Wildman–Crippen MR) is 82.3 cm³/mol. The van der Waals surface area contributed by atoms with Crippen LogP contribution in [0.15, 0.2) is 34.7 Å². The Morgan fingerprint density at radius 2 is 2.09 bits per heavy atom. The second-order valence-corrected chi connectivity index (χ2v) is 7.80. The first-order valence-electron chi connectivity index (χ1n) is 5.73. The van der Waals surface area contributed by atoms with Crippen LogP contribution in [-0.2, 0) is 10.0 Å². The number of hydrogen-bond acceptors (Lipinski definition) is 7. The summed E-state index contributed by atoms with van der Waals surface area (Å²) < 4.78 is 26.1. The highest BCUT2D eigenvalue weighted by Crippen LogP contribution is 2.32. The van der Waals surface area contributed by atoms with Gasteiger partial charge in [-0.2, -0.15) is 8.42 Å². The number of nitro benzene ring substituents is 1. The molecule has 0 aliphatic rings. The van der Waals surface area contributed by atoms with E-state index in [2.05, 4.69) is 4.98 Å². The third-order valence-corrected chi connectivity index (χ3v) is 6.52. The number of fused-ring (bicyclic) bond motifs is 1. The smallest absolute Gasteiger partial charge is 0.279 e. The van der Waals surface area contributed by atoms with Crippen LogP contribution in [0, 0.1) is 14.9 Å². The average molecular weight is 357 g/mol. The van der Waals surface area contributed by atoms with E-state index in [1.54, 1.807) is 0 Å². The SMILES string of the molecule is O=[N+]([O-])c1ccc2sc(S(=O)(=O)n3cc(O)[nH]c3=S)cc2c1. The van der Waals surface area contributed by atoms with Gasteiger partial charge in [0.15, 0.2) is 4.77 Å². The monoisotopic (exact) mass is 357 g/mol. The summed E-state index contributed by atoms with van der Waals surface area (Å²) in [6.45, 7) is 0. The summed E-state index contributed by atoms with van der Waals surface area (Å²) in [7, 11) is -3.97. The van der Waals surface area contributed by atoms with Crippen molar-refractivity contribution < 1.29 is 18.4 Å². The van der Waals surface area contributed by atoms with E-state index < -0.39 is 14.9 Å². The molecule has 2 heterocycles. The summed E-state index contributed by atoms with van der Waals surface area (Å²) in [6.07, 6.45) is 0.963. The maximum absolute atomic E-state index is 12.5. The van der Waals surface area contributed by atoms with E-state index in [9.17, 15) is 23.6 Å². The zero-order valence-corrected chi connectivity index (χ0v) is 13.0. The minimum atomic E-state index is -3.97. The van der Waals surface area contributed by atoms with Crippen LogP contribution < -0.4 is 0 Å². The first-order valence-corrected chi connectivity index (χ1v) is 8.40. The summed E-state index contributed by atoms with van der Waals surface area (Å²) in [6, 6.07) is 5.45. The van der Waals surface area contributed by atoms with Gasteiger partial charge in [-0.25, -0.2) is 3.97 Å². The number of aromatic nitrogens is 2. The van der Waals surface area contributed by atoms with Gasteiger partial charge in [0.25, 0.3) is 15.7 Å². The topological polar surface area (TPSA) is 118 Å². The number of aromatic hydroxyl groups is 1. The first-order chi connectivity index (χ1) is 10.3. The number of hydrogen-bond donors (Lipinski definition) is 2. The minimum Gasteiger partial charge on any atom is -0.493 e. The molecule has 0 unspecified atom stereocenters. The second-order valence-electron chi connectivity index (χ2n) is 4.29. The molecule has 0 spiro atoms. The van der Waals surface area contributed by atoms with Crippen LogP contribution in [0.5, 0.6) is 5.88 Å². The van der Waals surface area contributed by atoms with E-state index in [0.717, 1.165) is 21.5 Å². The largest absolute Gasteiger partial charge is 0.493 e. The molecule has 0 amide bonds. The van der Waals surface area contributed by atoms with Crippen LogP contribution in [0.25, 0.3) is 10.1 Å². The van der Waals surface area contributed by atoms with E-state index in [1.165, 1.54) is 24.3 Å². The first kappa shape index (κ1) is 14.7. The van der Waals surface area contributed by atoms with Gasteiger partial charge < -0.3 is 10.1 Å². The number of benzene rings is 1. The molecule has 3 rings (SSSR count). The molecule has 114 valence electrons. The summed E-state index contributed by atoms with van der Waals surface area (Å²) in [5, 5.41) is 20.5. The van der Waals surface area contributed by atoms with Gasteiger partial charge in [0.05, 0.1) is 11.1 Å². The van der Waals surface area contributed by atoms with Crippen molar-refractivity contribution >= 4 is 49.4 Å². The summed E-state index contributed by atoms with van der Waals surface area (Å²) in [4.78, 5) is 12.5. The van der Waals surface area contributed by atoms with Gasteiger partial charge in [0.2, 0.25) is 5.88 Å². The molecular formula is C11H7N3O5S3. The van der Waals surface area contributed by atoms with E-state index in [1.807, 2.05) is 0 Å². The number of rotatable bonds is 3. The third-order valence-electron chi connectivity index (χ3n) is 2.88. The number of nitrogens with one attached hydrogen (secondary N) is 1. The molecule has 3 aromatic rings. The Hall–Kier alpha value is -2.24. The van der Waals surface area contributed by atoms with Gasteiger partial charge in [-0.3, -0.25) is 10.1 Å². The Morgan fingerprint density at radius 3 is 2.68 bits per heavy atom. The molecule has 0 fully saturated rings. The number of nitrogens with zero attached hydrogens (tertiary/aromatic N) is 2. The van der Waals surface area contributed by atoms with E-state index in [-0.39, 0.29) is 20.5 Å². The molecule has 0 radical (unpaired) electrons. The zero-order valence-electron chi connectivity index (χ0n) is 10.6. The Morgan fingerprint density at radius 1 is 1.36 bits per heavy atom. The number of H-pyrrole nitrogens is 1. The predicted octanol–water partition coefficient (Wildman–Crippen LogP) is 2.61. The van der Waals surface area contributed by atoms with Gasteiger partial charge in [0.1, 0.15) is 4.21 Å². The quantitative estimate of drug-likeness (QED) is 0.422. The summed E-state index contributed by atoms with van der Waals surface area (Å²) in [5.41, 5.74) is -0.120. The van der Waals surface area contributed by atoms with Gasteiger partial charge in [0, 0.05) is 22.2 Å². The highest BCUT2D eigenvalue weighted by Gasteiger charge is 2.22. The summed E-state index contributed by atoms with van der Waals surface area (Å²) in [5.74, 6) is -0.370. The van der Waals surface area contributed by atoms with E-state index in [0.29, 0.717) is 10.1 Å². The normalized spacial score (nSPS) is 11.8. The van der Waals surface area contributed by atoms with Gasteiger partial charge in [-0.15, -0.1) is 11.3 Å². The number of thiophene rings is 1. The highest BCUT2D eigenvalue weighted by atomic mass is 32.2. The van der Waals surface area contributed by atoms with Gasteiger partial charge in [-0.1, -0.05) is 0 Å². The van der Waals surface area contributed by atoms with Crippen LogP contribution in [0.2, 0.25) is 0 Å². The molecule has 22 heavy (non-hydrogen) atoms. The maximum atomic E-state index is 12.5. The standard InChI is InChI=1S/C11H7N3O5S3/c15-9-5-13(11(20)12-9)22(18,19)10-4-6-3-7(14(16)17)1-2-8(6)21-10/h1-5,15H,(H,12,20). The van der Waals surface area contributed by atoms with Crippen LogP contribution >= 0.6 is 23.6 Å². The second kappa shape index (κ2) is 4.90. The van der Waals surface area contributed by atoms with E-state index >= 15 is 0 Å². The Balaban J connectivity index is 2.19. The zero-order chi connectivity index (χ0) is 16.1. The van der Waals surface area contributed by atoms with Crippen molar-refractivity contribution in [3.8, 4) is 5.88 Å². The average Bonchev–Trinajstić information content (AvgIpc) is 3.01.